The lowest BCUT2D eigenvalue weighted by Crippen LogP contribution is -2.16. The molecule has 8 heteroatoms. The van der Waals surface area contributed by atoms with Crippen LogP contribution >= 0.6 is 0 Å². The molecule has 108 valence electrons. The molecule has 0 aromatic carbocycles. The summed E-state index contributed by atoms with van der Waals surface area (Å²) in [6.07, 6.45) is 0.743. The van der Waals surface area contributed by atoms with Gasteiger partial charge in [0.05, 0.1) is 19.8 Å². The van der Waals surface area contributed by atoms with Gasteiger partial charge in [0.25, 0.3) is 0 Å². The Bertz CT molecular complexity index is 375. The number of aromatic nitrogens is 3. The minimum absolute atomic E-state index is 0.144. The summed E-state index contributed by atoms with van der Waals surface area (Å²) in [5.41, 5.74) is 5.58. The smallest absolute Gasteiger partial charge is 0.323 e. The molecule has 1 heterocycles. The Hall–Kier alpha value is -1.67. The molecule has 0 unspecified atom stereocenters. The summed E-state index contributed by atoms with van der Waals surface area (Å²) in [6.45, 7) is 2.24. The molecule has 0 spiro atoms. The van der Waals surface area contributed by atoms with Crippen LogP contribution in [0.15, 0.2) is 0 Å². The minimum atomic E-state index is 0.144. The van der Waals surface area contributed by atoms with E-state index in [-0.39, 0.29) is 12.0 Å². The number of hydrogen-bond donors (Lipinski definition) is 1. The number of methoxy groups -OCH3 is 1. The molecule has 2 N–H and O–H groups in total. The van der Waals surface area contributed by atoms with E-state index >= 15 is 0 Å². The van der Waals surface area contributed by atoms with E-state index in [0.717, 1.165) is 6.42 Å². The van der Waals surface area contributed by atoms with Gasteiger partial charge in [-0.1, -0.05) is 0 Å². The van der Waals surface area contributed by atoms with Gasteiger partial charge in [0.2, 0.25) is 11.9 Å². The molecule has 0 atom stereocenters. The van der Waals surface area contributed by atoms with Gasteiger partial charge in [-0.15, -0.1) is 0 Å². The van der Waals surface area contributed by atoms with E-state index in [0.29, 0.717) is 32.4 Å². The van der Waals surface area contributed by atoms with E-state index in [1.165, 1.54) is 0 Å². The van der Waals surface area contributed by atoms with Crippen molar-refractivity contribution < 1.29 is 14.2 Å². The lowest BCUT2D eigenvalue weighted by atomic mass is 10.5. The molecule has 8 nitrogen and oxygen atoms in total. The summed E-state index contributed by atoms with van der Waals surface area (Å²) in [6, 6.07) is 0.230. The third kappa shape index (κ3) is 6.16. The summed E-state index contributed by atoms with van der Waals surface area (Å²) in [7, 11) is 5.28. The van der Waals surface area contributed by atoms with Crippen LogP contribution in [0.25, 0.3) is 0 Å². The normalized spacial score (nSPS) is 10.5. The first-order valence-corrected chi connectivity index (χ1v) is 6.02. The van der Waals surface area contributed by atoms with Crippen LogP contribution in [0.2, 0.25) is 0 Å². The van der Waals surface area contributed by atoms with Crippen LogP contribution in [-0.4, -0.2) is 62.6 Å². The summed E-state index contributed by atoms with van der Waals surface area (Å²) < 4.78 is 15.6. The Morgan fingerprint density at radius 3 is 2.53 bits per heavy atom. The Balaban J connectivity index is 2.29. The van der Waals surface area contributed by atoms with E-state index in [9.17, 15) is 0 Å². The standard InChI is InChI=1S/C11H21N5O3/c1-16(2)10-13-9(12)14-11(15-10)19-6-4-5-18-8-7-17-3/h4-8H2,1-3H3,(H2,12,13,14,15). The van der Waals surface area contributed by atoms with Crippen molar-refractivity contribution in [3.8, 4) is 6.01 Å². The topological polar surface area (TPSA) is 95.6 Å². The minimum Gasteiger partial charge on any atom is -0.463 e. The van der Waals surface area contributed by atoms with Gasteiger partial charge in [0, 0.05) is 34.2 Å². The fraction of sp³-hybridized carbons (Fsp3) is 0.727. The molecule has 0 fully saturated rings. The third-order valence-corrected chi connectivity index (χ3v) is 2.12. The molecule has 0 saturated heterocycles. The van der Waals surface area contributed by atoms with Crippen molar-refractivity contribution in [2.45, 2.75) is 6.42 Å². The Morgan fingerprint density at radius 2 is 1.84 bits per heavy atom. The maximum atomic E-state index is 5.58. The van der Waals surface area contributed by atoms with Gasteiger partial charge < -0.3 is 24.8 Å². The van der Waals surface area contributed by atoms with Crippen LogP contribution in [0.4, 0.5) is 11.9 Å². The molecule has 0 aliphatic rings. The average molecular weight is 271 g/mol. The first-order valence-electron chi connectivity index (χ1n) is 6.02. The predicted octanol–water partition coefficient (Wildman–Crippen LogP) is -0.0483. The van der Waals surface area contributed by atoms with E-state index in [1.54, 1.807) is 12.0 Å². The largest absolute Gasteiger partial charge is 0.463 e. The van der Waals surface area contributed by atoms with Crippen LogP contribution < -0.4 is 15.4 Å². The molecule has 0 aliphatic carbocycles. The highest BCUT2D eigenvalue weighted by Crippen LogP contribution is 2.10. The van der Waals surface area contributed by atoms with Crippen molar-refractivity contribution >= 4 is 11.9 Å². The van der Waals surface area contributed by atoms with Gasteiger partial charge in [0.1, 0.15) is 0 Å². The molecule has 1 aromatic heterocycles. The Labute approximate surface area is 112 Å². The second kappa shape index (κ2) is 8.44. The molecular formula is C11H21N5O3. The zero-order chi connectivity index (χ0) is 14.1. The van der Waals surface area contributed by atoms with Crippen molar-refractivity contribution in [2.75, 3.05) is 58.3 Å². The summed E-state index contributed by atoms with van der Waals surface area (Å²) >= 11 is 0. The first-order chi connectivity index (χ1) is 9.13. The molecule has 0 bridgehead atoms. The predicted molar refractivity (Wildman–Crippen MR) is 71.4 cm³/mol. The first kappa shape index (κ1) is 15.4. The van der Waals surface area contributed by atoms with Crippen molar-refractivity contribution in [3.63, 3.8) is 0 Å². The molecule has 0 radical (unpaired) electrons. The fourth-order valence-corrected chi connectivity index (χ4v) is 1.19. The lowest BCUT2D eigenvalue weighted by Gasteiger charge is -2.11. The molecule has 0 aliphatic heterocycles. The number of nitrogens with zero attached hydrogens (tertiary/aromatic N) is 4. The van der Waals surface area contributed by atoms with Gasteiger partial charge in [-0.05, 0) is 0 Å². The Kier molecular flexibility index (Phi) is 6.83. The highest BCUT2D eigenvalue weighted by molar-refractivity contribution is 5.33. The van der Waals surface area contributed by atoms with Crippen molar-refractivity contribution in [1.82, 2.24) is 15.0 Å². The van der Waals surface area contributed by atoms with Crippen LogP contribution in [0.1, 0.15) is 6.42 Å². The number of ether oxygens (including phenoxy) is 3. The van der Waals surface area contributed by atoms with Crippen molar-refractivity contribution in [3.05, 3.63) is 0 Å². The van der Waals surface area contributed by atoms with Gasteiger partial charge in [-0.25, -0.2) is 0 Å². The second-order valence-corrected chi connectivity index (χ2v) is 3.98. The zero-order valence-corrected chi connectivity index (χ0v) is 11.6. The van der Waals surface area contributed by atoms with Crippen LogP contribution in [0.3, 0.4) is 0 Å². The number of anilines is 2. The molecular weight excluding hydrogens is 250 g/mol. The quantitative estimate of drug-likeness (QED) is 0.625. The highest BCUT2D eigenvalue weighted by Gasteiger charge is 2.06. The average Bonchev–Trinajstić information content (AvgIpc) is 2.37. The second-order valence-electron chi connectivity index (χ2n) is 3.98. The molecule has 0 amide bonds. The third-order valence-electron chi connectivity index (χ3n) is 2.12. The van der Waals surface area contributed by atoms with Gasteiger partial charge in [-0.3, -0.25) is 0 Å². The maximum absolute atomic E-state index is 5.58. The van der Waals surface area contributed by atoms with Gasteiger partial charge in [0.15, 0.2) is 0 Å². The van der Waals surface area contributed by atoms with E-state index < -0.39 is 0 Å². The zero-order valence-electron chi connectivity index (χ0n) is 11.6. The number of nitrogens with two attached hydrogens (primary N) is 1. The SMILES string of the molecule is COCCOCCCOc1nc(N)nc(N(C)C)n1. The van der Waals surface area contributed by atoms with Crippen molar-refractivity contribution in [1.29, 1.82) is 0 Å². The molecule has 1 aromatic rings. The molecule has 1 rings (SSSR count). The van der Waals surface area contributed by atoms with Gasteiger partial charge in [-0.2, -0.15) is 15.0 Å². The van der Waals surface area contributed by atoms with Crippen LogP contribution in [0.5, 0.6) is 6.01 Å². The summed E-state index contributed by atoms with van der Waals surface area (Å²) in [5.74, 6) is 0.615. The molecule has 19 heavy (non-hydrogen) atoms. The fourth-order valence-electron chi connectivity index (χ4n) is 1.19. The van der Waals surface area contributed by atoms with Crippen LogP contribution in [0, 0.1) is 0 Å². The molecule has 0 saturated carbocycles. The number of nitrogen functional groups attached to an aromatic ring is 1. The van der Waals surface area contributed by atoms with E-state index in [1.807, 2.05) is 14.1 Å². The van der Waals surface area contributed by atoms with Gasteiger partial charge >= 0.3 is 6.01 Å². The summed E-state index contributed by atoms with van der Waals surface area (Å²) in [4.78, 5) is 13.7. The van der Waals surface area contributed by atoms with E-state index in [2.05, 4.69) is 15.0 Å². The summed E-state index contributed by atoms with van der Waals surface area (Å²) in [5, 5.41) is 0. The maximum Gasteiger partial charge on any atom is 0.323 e. The number of rotatable bonds is 9. The Morgan fingerprint density at radius 1 is 1.05 bits per heavy atom. The lowest BCUT2D eigenvalue weighted by molar-refractivity contribution is 0.0639. The highest BCUT2D eigenvalue weighted by atomic mass is 16.5. The van der Waals surface area contributed by atoms with E-state index in [4.69, 9.17) is 19.9 Å². The monoisotopic (exact) mass is 271 g/mol. The number of hydrogen-bond acceptors (Lipinski definition) is 8. The van der Waals surface area contributed by atoms with Crippen molar-refractivity contribution in [2.24, 2.45) is 0 Å². The van der Waals surface area contributed by atoms with Crippen LogP contribution in [-0.2, 0) is 9.47 Å².